The van der Waals surface area contributed by atoms with Crippen molar-refractivity contribution in [2.24, 2.45) is 10.6 Å². The van der Waals surface area contributed by atoms with Gasteiger partial charge >= 0.3 is 0 Å². The molecule has 0 aliphatic heterocycles. The molecule has 0 bridgehead atoms. The number of primary sulfonamides is 1. The number of benzene rings is 2. The Bertz CT molecular complexity index is 924. The molecule has 7 heteroatoms. The highest BCUT2D eigenvalue weighted by atomic mass is 35.5. The van der Waals surface area contributed by atoms with Crippen molar-refractivity contribution < 1.29 is 13.2 Å². The molecule has 0 radical (unpaired) electrons. The fraction of sp³-hybridized carbons (Fsp3) is 0.278. The Morgan fingerprint density at radius 2 is 1.80 bits per heavy atom. The normalized spacial score (nSPS) is 21.6. The lowest BCUT2D eigenvalue weighted by Gasteiger charge is -2.06. The zero-order chi connectivity index (χ0) is 18.4. The van der Waals surface area contributed by atoms with Crippen LogP contribution >= 0.6 is 11.6 Å². The number of carbonyl (C=O) groups is 1. The van der Waals surface area contributed by atoms with Crippen molar-refractivity contribution >= 4 is 27.5 Å². The number of carbonyl (C=O) groups excluding carboxylic acids is 1. The molecule has 2 aromatic carbocycles. The molecule has 2 aromatic rings. The van der Waals surface area contributed by atoms with Crippen molar-refractivity contribution in [3.05, 3.63) is 64.7 Å². The average Bonchev–Trinajstić information content (AvgIpc) is 3.07. The maximum Gasteiger partial charge on any atom is 0.251 e. The van der Waals surface area contributed by atoms with Gasteiger partial charge in [0, 0.05) is 22.5 Å². The molecule has 1 fully saturated rings. The lowest BCUT2D eigenvalue weighted by atomic mass is 10.0. The molecule has 2 atom stereocenters. The molecular weight excluding hydrogens is 360 g/mol. The number of hydrogen-bond donors (Lipinski definition) is 2. The Morgan fingerprint density at radius 1 is 1.16 bits per heavy atom. The summed E-state index contributed by atoms with van der Waals surface area (Å²) in [6, 6.07) is 13.2. The van der Waals surface area contributed by atoms with Crippen molar-refractivity contribution in [2.75, 3.05) is 0 Å². The lowest BCUT2D eigenvalue weighted by molar-refractivity contribution is 0.0946. The van der Waals surface area contributed by atoms with Crippen molar-refractivity contribution in [3.8, 4) is 0 Å². The first-order valence-electron chi connectivity index (χ1n) is 7.80. The number of nitrogens with one attached hydrogen (secondary N) is 1. The fourth-order valence-corrected chi connectivity index (χ4v) is 3.95. The minimum atomic E-state index is -3.71. The Kier molecular flexibility index (Phi) is 4.39. The molecule has 3 N–H and O–H groups in total. The maximum atomic E-state index is 12.4. The topological polar surface area (TPSA) is 89.3 Å². The highest BCUT2D eigenvalue weighted by Crippen LogP contribution is 2.58. The standard InChI is InChI=1S/C18H19ClN2O3S/c1-18(2)15(11-6-8-14(9-7-11)25(20,23)24)16(18)21-17(22)12-4-3-5-13(19)10-12/h3-10,15-16H,1-2H3,(H,21,22)(H2,20,23,24)/t15-,16-/m0/s1. The van der Waals surface area contributed by atoms with Gasteiger partial charge in [0.25, 0.3) is 5.91 Å². The van der Waals surface area contributed by atoms with E-state index in [9.17, 15) is 13.2 Å². The minimum Gasteiger partial charge on any atom is -0.348 e. The summed E-state index contributed by atoms with van der Waals surface area (Å²) in [6.45, 7) is 4.13. The Hall–Kier alpha value is -1.89. The smallest absolute Gasteiger partial charge is 0.251 e. The molecule has 0 heterocycles. The van der Waals surface area contributed by atoms with Gasteiger partial charge in [-0.2, -0.15) is 0 Å². The van der Waals surface area contributed by atoms with Crippen LogP contribution in [-0.2, 0) is 10.0 Å². The minimum absolute atomic E-state index is 0.0423. The van der Waals surface area contributed by atoms with Gasteiger partial charge in [-0.05, 0) is 41.3 Å². The van der Waals surface area contributed by atoms with Gasteiger partial charge in [-0.3, -0.25) is 4.79 Å². The summed E-state index contributed by atoms with van der Waals surface area (Å²) in [5, 5.41) is 8.68. The second kappa shape index (κ2) is 6.12. The van der Waals surface area contributed by atoms with E-state index in [1.165, 1.54) is 12.1 Å². The average molecular weight is 379 g/mol. The van der Waals surface area contributed by atoms with E-state index in [1.807, 2.05) is 0 Å². The van der Waals surface area contributed by atoms with E-state index < -0.39 is 10.0 Å². The van der Waals surface area contributed by atoms with Crippen LogP contribution in [0.25, 0.3) is 0 Å². The lowest BCUT2D eigenvalue weighted by Crippen LogP contribution is -2.28. The molecule has 0 spiro atoms. The van der Waals surface area contributed by atoms with E-state index in [-0.39, 0.29) is 28.2 Å². The van der Waals surface area contributed by atoms with Gasteiger partial charge in [-0.25, -0.2) is 13.6 Å². The van der Waals surface area contributed by atoms with Crippen LogP contribution in [0.3, 0.4) is 0 Å². The summed E-state index contributed by atoms with van der Waals surface area (Å²) in [5.41, 5.74) is 1.35. The van der Waals surface area contributed by atoms with Gasteiger partial charge in [0.15, 0.2) is 0 Å². The van der Waals surface area contributed by atoms with E-state index >= 15 is 0 Å². The monoisotopic (exact) mass is 378 g/mol. The number of rotatable bonds is 4. The molecule has 3 rings (SSSR count). The molecule has 132 valence electrons. The number of hydrogen-bond acceptors (Lipinski definition) is 3. The first-order chi connectivity index (χ1) is 11.6. The van der Waals surface area contributed by atoms with E-state index in [0.717, 1.165) is 5.56 Å². The van der Waals surface area contributed by atoms with Crippen LogP contribution in [0.15, 0.2) is 53.4 Å². The van der Waals surface area contributed by atoms with Crippen molar-refractivity contribution in [1.29, 1.82) is 0 Å². The van der Waals surface area contributed by atoms with E-state index in [4.69, 9.17) is 16.7 Å². The van der Waals surface area contributed by atoms with E-state index in [2.05, 4.69) is 19.2 Å². The fourth-order valence-electron chi connectivity index (χ4n) is 3.25. The van der Waals surface area contributed by atoms with Crippen LogP contribution in [-0.4, -0.2) is 20.4 Å². The van der Waals surface area contributed by atoms with Gasteiger partial charge in [0.2, 0.25) is 10.0 Å². The van der Waals surface area contributed by atoms with Crippen molar-refractivity contribution in [3.63, 3.8) is 0 Å². The van der Waals surface area contributed by atoms with Crippen molar-refractivity contribution in [2.45, 2.75) is 30.7 Å². The van der Waals surface area contributed by atoms with E-state index in [1.54, 1.807) is 36.4 Å². The Labute approximate surface area is 152 Å². The molecule has 5 nitrogen and oxygen atoms in total. The van der Waals surface area contributed by atoms with Crippen LogP contribution in [0.5, 0.6) is 0 Å². The van der Waals surface area contributed by atoms with Gasteiger partial charge in [-0.1, -0.05) is 43.6 Å². The van der Waals surface area contributed by atoms with E-state index in [0.29, 0.717) is 10.6 Å². The molecule has 1 aliphatic carbocycles. The Morgan fingerprint density at radius 3 is 2.36 bits per heavy atom. The number of sulfonamides is 1. The maximum absolute atomic E-state index is 12.4. The third-order valence-corrected chi connectivity index (χ3v) is 5.93. The molecule has 0 aromatic heterocycles. The second-order valence-electron chi connectivity index (χ2n) is 6.87. The summed E-state index contributed by atoms with van der Waals surface area (Å²) in [6.07, 6.45) is 0. The first kappa shape index (κ1) is 17.9. The zero-order valence-corrected chi connectivity index (χ0v) is 15.4. The van der Waals surface area contributed by atoms with Crippen molar-refractivity contribution in [1.82, 2.24) is 5.32 Å². The third-order valence-electron chi connectivity index (χ3n) is 4.77. The molecular formula is C18H19ClN2O3S. The summed E-state index contributed by atoms with van der Waals surface area (Å²) < 4.78 is 22.7. The number of halogens is 1. The van der Waals surface area contributed by atoms with Crippen LogP contribution in [0.1, 0.15) is 35.7 Å². The first-order valence-corrected chi connectivity index (χ1v) is 9.72. The summed E-state index contributed by atoms with van der Waals surface area (Å²) >= 11 is 5.93. The molecule has 25 heavy (non-hydrogen) atoms. The Balaban J connectivity index is 1.77. The quantitative estimate of drug-likeness (QED) is 0.857. The molecule has 1 aliphatic rings. The van der Waals surface area contributed by atoms with Crippen LogP contribution in [0.2, 0.25) is 5.02 Å². The molecule has 1 saturated carbocycles. The molecule has 0 saturated heterocycles. The SMILES string of the molecule is CC1(C)[C@@H](NC(=O)c2cccc(Cl)c2)[C@@H]1c1ccc(S(N)(=O)=O)cc1. The summed E-state index contributed by atoms with van der Waals surface area (Å²) in [7, 11) is -3.71. The second-order valence-corrected chi connectivity index (χ2v) is 8.87. The zero-order valence-electron chi connectivity index (χ0n) is 13.9. The predicted octanol–water partition coefficient (Wildman–Crippen LogP) is 2.91. The largest absolute Gasteiger partial charge is 0.348 e. The third kappa shape index (κ3) is 3.56. The summed E-state index contributed by atoms with van der Waals surface area (Å²) in [4.78, 5) is 12.5. The van der Waals surface area contributed by atoms with Gasteiger partial charge in [0.1, 0.15) is 0 Å². The number of amides is 1. The summed E-state index contributed by atoms with van der Waals surface area (Å²) in [5.74, 6) is -0.0746. The molecule has 1 amide bonds. The van der Waals surface area contributed by atoms with Gasteiger partial charge < -0.3 is 5.32 Å². The highest BCUT2D eigenvalue weighted by Gasteiger charge is 2.59. The van der Waals surface area contributed by atoms with Crippen LogP contribution in [0.4, 0.5) is 0 Å². The van der Waals surface area contributed by atoms with Gasteiger partial charge in [-0.15, -0.1) is 0 Å². The molecule has 0 unspecified atom stereocenters. The van der Waals surface area contributed by atoms with Gasteiger partial charge in [0.05, 0.1) is 4.90 Å². The van der Waals surface area contributed by atoms with Crippen LogP contribution in [0, 0.1) is 5.41 Å². The predicted molar refractivity (Wildman–Crippen MR) is 97.0 cm³/mol. The highest BCUT2D eigenvalue weighted by molar-refractivity contribution is 7.89. The number of nitrogens with two attached hydrogens (primary N) is 1. The van der Waals surface area contributed by atoms with Crippen LogP contribution < -0.4 is 10.5 Å².